The van der Waals surface area contributed by atoms with Crippen molar-refractivity contribution < 1.29 is 32.4 Å². The third kappa shape index (κ3) is 7.37. The van der Waals surface area contributed by atoms with E-state index in [0.717, 1.165) is 64.2 Å². The first-order valence-corrected chi connectivity index (χ1v) is 21.7. The molecule has 8 atom stereocenters. The minimum absolute atomic E-state index is 0.0182. The summed E-state index contributed by atoms with van der Waals surface area (Å²) in [5.41, 5.74) is -1.65. The molecule has 12 nitrogen and oxygen atoms in total. The monoisotopic (exact) mass is 743 g/mol. The molecule has 13 heteroatoms. The van der Waals surface area contributed by atoms with Crippen LogP contribution in [0.1, 0.15) is 125 Å². The minimum Gasteiger partial charge on any atom is -0.347 e. The number of carbonyl (C=O) groups excluding carboxylic acids is 5. The molecule has 0 aromatic heterocycles. The standard InChI is InChI=1S/C39H61N5O7S/c1-36(2,3)52(50,51)21-39(18-23-17-24(23)19-39)43-35(49)42-31(38(6)14-8-7-9-15-38)34(48)44-20-26-28(37(26,4)5)29(44)32(46)41-27(16-22-10-11-22)30(45)33(47)40-25-12-13-25/h22-29,31H,7-21H2,1-6H3,(H,40,47)(H,41,46)(H2,42,43,49)/t23-,24+,26-,27?,28-,29-,31+,39-/m0/s1. The fourth-order valence-corrected chi connectivity index (χ4v) is 11.6. The molecule has 52 heavy (non-hydrogen) atoms. The lowest BCUT2D eigenvalue weighted by Gasteiger charge is -2.44. The number of ketones is 1. The average Bonchev–Trinajstić information content (AvgIpc) is 3.99. The molecule has 0 aromatic rings. The first-order valence-electron chi connectivity index (χ1n) is 20.0. The maximum atomic E-state index is 14.9. The van der Waals surface area contributed by atoms with Gasteiger partial charge in [0, 0.05) is 12.6 Å². The van der Waals surface area contributed by atoms with Crippen molar-refractivity contribution >= 4 is 39.4 Å². The van der Waals surface area contributed by atoms with E-state index in [1.54, 1.807) is 25.7 Å². The molecule has 0 bridgehead atoms. The summed E-state index contributed by atoms with van der Waals surface area (Å²) in [4.78, 5) is 71.2. The van der Waals surface area contributed by atoms with Crippen molar-refractivity contribution in [1.29, 1.82) is 0 Å². The second-order valence-corrected chi connectivity index (χ2v) is 22.5. The maximum absolute atomic E-state index is 14.9. The van der Waals surface area contributed by atoms with Gasteiger partial charge < -0.3 is 26.2 Å². The highest BCUT2D eigenvalue weighted by molar-refractivity contribution is 7.92. The normalized spacial score (nSPS) is 33.9. The van der Waals surface area contributed by atoms with E-state index in [0.29, 0.717) is 37.6 Å². The van der Waals surface area contributed by atoms with Crippen molar-refractivity contribution in [3.05, 3.63) is 0 Å². The van der Waals surface area contributed by atoms with Gasteiger partial charge in [-0.3, -0.25) is 19.2 Å². The minimum atomic E-state index is -3.55. The first kappa shape index (κ1) is 37.6. The van der Waals surface area contributed by atoms with Gasteiger partial charge in [0.15, 0.2) is 9.84 Å². The molecule has 7 aliphatic rings. The molecule has 6 saturated carbocycles. The number of carbonyl (C=O) groups is 5. The molecule has 1 heterocycles. The van der Waals surface area contributed by atoms with E-state index >= 15 is 0 Å². The zero-order valence-electron chi connectivity index (χ0n) is 32.0. The van der Waals surface area contributed by atoms with Gasteiger partial charge in [0.05, 0.1) is 22.1 Å². The summed E-state index contributed by atoms with van der Waals surface area (Å²) in [6.07, 6.45) is 10.6. The number of hydrogen-bond donors (Lipinski definition) is 4. The predicted molar refractivity (Wildman–Crippen MR) is 195 cm³/mol. The Balaban J connectivity index is 1.12. The Kier molecular flexibility index (Phi) is 9.38. The molecule has 7 fully saturated rings. The maximum Gasteiger partial charge on any atom is 0.315 e. The van der Waals surface area contributed by atoms with E-state index in [4.69, 9.17) is 0 Å². The third-order valence-electron chi connectivity index (χ3n) is 14.2. The van der Waals surface area contributed by atoms with Crippen LogP contribution in [0.2, 0.25) is 0 Å². The van der Waals surface area contributed by atoms with Gasteiger partial charge in [0.25, 0.3) is 5.91 Å². The Morgan fingerprint density at radius 2 is 1.52 bits per heavy atom. The number of hydrogen-bond acceptors (Lipinski definition) is 7. The van der Waals surface area contributed by atoms with Gasteiger partial charge in [-0.1, -0.05) is 52.9 Å². The summed E-state index contributed by atoms with van der Waals surface area (Å²) in [7, 11) is -3.55. The van der Waals surface area contributed by atoms with Gasteiger partial charge in [-0.15, -0.1) is 0 Å². The van der Waals surface area contributed by atoms with Gasteiger partial charge in [-0.25, -0.2) is 13.2 Å². The quantitative estimate of drug-likeness (QED) is 0.209. The smallest absolute Gasteiger partial charge is 0.315 e. The zero-order chi connectivity index (χ0) is 37.6. The molecule has 1 unspecified atom stereocenters. The molecule has 0 aromatic carbocycles. The van der Waals surface area contributed by atoms with Gasteiger partial charge in [0.1, 0.15) is 12.1 Å². The van der Waals surface area contributed by atoms with Crippen molar-refractivity contribution in [3.8, 4) is 0 Å². The Bertz CT molecular complexity index is 1600. The fourth-order valence-electron chi connectivity index (χ4n) is 10.1. The molecule has 1 aliphatic heterocycles. The zero-order valence-corrected chi connectivity index (χ0v) is 32.8. The summed E-state index contributed by atoms with van der Waals surface area (Å²) in [5.74, 6) is -1.12. The van der Waals surface area contributed by atoms with Crippen LogP contribution in [-0.4, -0.2) is 89.6 Å². The van der Waals surface area contributed by atoms with Crippen molar-refractivity contribution in [2.45, 2.75) is 159 Å². The molecule has 290 valence electrons. The van der Waals surface area contributed by atoms with Gasteiger partial charge in [0.2, 0.25) is 17.6 Å². The van der Waals surface area contributed by atoms with E-state index in [-0.39, 0.29) is 40.9 Å². The second-order valence-electron chi connectivity index (χ2n) is 19.8. The second kappa shape index (κ2) is 13.0. The molecular formula is C39H61N5O7S. The predicted octanol–water partition coefficient (Wildman–Crippen LogP) is 3.62. The topological polar surface area (TPSA) is 171 Å². The number of piperidine rings is 1. The summed E-state index contributed by atoms with van der Waals surface area (Å²) in [6.45, 7) is 11.7. The summed E-state index contributed by atoms with van der Waals surface area (Å²) in [5, 5.41) is 11.9. The highest BCUT2D eigenvalue weighted by Crippen LogP contribution is 2.65. The van der Waals surface area contributed by atoms with Crippen LogP contribution in [0.4, 0.5) is 4.79 Å². The number of amides is 5. The van der Waals surface area contributed by atoms with Crippen LogP contribution in [-0.2, 0) is 29.0 Å². The molecular weight excluding hydrogens is 683 g/mol. The molecule has 1 saturated heterocycles. The lowest BCUT2D eigenvalue weighted by molar-refractivity contribution is -0.146. The van der Waals surface area contributed by atoms with Crippen molar-refractivity contribution in [2.75, 3.05) is 12.3 Å². The number of Topliss-reactive ketones (excluding diaryl/α,β-unsaturated/α-hetero) is 1. The van der Waals surface area contributed by atoms with Gasteiger partial charge in [-0.2, -0.15) is 0 Å². The number of nitrogens with zero attached hydrogens (tertiary/aromatic N) is 1. The Labute approximate surface area is 309 Å². The van der Waals surface area contributed by atoms with E-state index in [1.165, 1.54) is 0 Å². The average molecular weight is 744 g/mol. The highest BCUT2D eigenvalue weighted by Gasteiger charge is 2.70. The first-order chi connectivity index (χ1) is 24.2. The molecule has 5 amide bonds. The fraction of sp³-hybridized carbons (Fsp3) is 0.872. The Morgan fingerprint density at radius 3 is 2.10 bits per heavy atom. The number of likely N-dealkylation sites (tertiary alicyclic amines) is 1. The highest BCUT2D eigenvalue weighted by atomic mass is 32.2. The lowest BCUT2D eigenvalue weighted by Crippen LogP contribution is -2.64. The molecule has 0 radical (unpaired) electrons. The number of urea groups is 1. The number of sulfone groups is 1. The van der Waals surface area contributed by atoms with E-state index < -0.39 is 67.3 Å². The number of nitrogens with one attached hydrogen (secondary N) is 4. The van der Waals surface area contributed by atoms with E-state index in [9.17, 15) is 32.4 Å². The lowest BCUT2D eigenvalue weighted by atomic mass is 9.70. The number of rotatable bonds is 13. The van der Waals surface area contributed by atoms with Crippen LogP contribution in [0.15, 0.2) is 0 Å². The van der Waals surface area contributed by atoms with E-state index in [1.807, 2.05) is 6.92 Å². The van der Waals surface area contributed by atoms with Crippen LogP contribution >= 0.6 is 0 Å². The van der Waals surface area contributed by atoms with Crippen LogP contribution < -0.4 is 21.3 Å². The van der Waals surface area contributed by atoms with Crippen LogP contribution in [0.25, 0.3) is 0 Å². The molecule has 7 rings (SSSR count). The Hall–Kier alpha value is -2.70. The molecule has 0 spiro atoms. The molecule has 4 N–H and O–H groups in total. The Morgan fingerprint density at radius 1 is 0.885 bits per heavy atom. The largest absolute Gasteiger partial charge is 0.347 e. The van der Waals surface area contributed by atoms with Gasteiger partial charge >= 0.3 is 6.03 Å². The summed E-state index contributed by atoms with van der Waals surface area (Å²) in [6, 6.07) is -3.24. The van der Waals surface area contributed by atoms with Crippen molar-refractivity contribution in [2.24, 2.45) is 40.4 Å². The van der Waals surface area contributed by atoms with Crippen LogP contribution in [0.3, 0.4) is 0 Å². The van der Waals surface area contributed by atoms with Crippen LogP contribution in [0, 0.1) is 40.4 Å². The third-order valence-corrected chi connectivity index (χ3v) is 17.0. The number of fused-ring (bicyclic) bond motifs is 2. The van der Waals surface area contributed by atoms with E-state index in [2.05, 4.69) is 35.1 Å². The summed E-state index contributed by atoms with van der Waals surface area (Å²) >= 11 is 0. The summed E-state index contributed by atoms with van der Waals surface area (Å²) < 4.78 is 26.0. The van der Waals surface area contributed by atoms with Gasteiger partial charge in [-0.05, 0) is 113 Å². The van der Waals surface area contributed by atoms with Crippen molar-refractivity contribution in [1.82, 2.24) is 26.2 Å². The van der Waals surface area contributed by atoms with Crippen molar-refractivity contribution in [3.63, 3.8) is 0 Å². The molecule has 6 aliphatic carbocycles. The SMILES string of the molecule is CC1([C@H](NC(=O)N[C@]2(CS(=O)(=O)C(C)(C)C)C[C@H]3C[C@H]3C2)C(=O)N2C[C@H]3[C@@H]([C@H]2C(=O)NC(CC2CC2)C(=O)C(=O)NC2CC2)C3(C)C)CCCCC1. The van der Waals surface area contributed by atoms with Crippen LogP contribution in [0.5, 0.6) is 0 Å².